The van der Waals surface area contributed by atoms with Gasteiger partial charge in [0.1, 0.15) is 0 Å². The third-order valence-corrected chi connectivity index (χ3v) is 5.97. The Balaban J connectivity index is 2.10. The van der Waals surface area contributed by atoms with E-state index in [1.54, 1.807) is 12.1 Å². The van der Waals surface area contributed by atoms with E-state index in [4.69, 9.17) is 0 Å². The molecule has 5 heteroatoms. The predicted molar refractivity (Wildman–Crippen MR) is 96.9 cm³/mol. The van der Waals surface area contributed by atoms with Crippen molar-refractivity contribution in [3.63, 3.8) is 0 Å². The van der Waals surface area contributed by atoms with Crippen LogP contribution < -0.4 is 9.62 Å². The fourth-order valence-electron chi connectivity index (χ4n) is 3.41. The van der Waals surface area contributed by atoms with Crippen molar-refractivity contribution in [1.82, 2.24) is 4.72 Å². The molecule has 0 aliphatic carbocycles. The lowest BCUT2D eigenvalue weighted by Crippen LogP contribution is -2.33. The lowest BCUT2D eigenvalue weighted by Gasteiger charge is -2.29. The summed E-state index contributed by atoms with van der Waals surface area (Å²) in [6.07, 6.45) is 0. The second kappa shape index (κ2) is 5.33. The van der Waals surface area contributed by atoms with Crippen molar-refractivity contribution in [1.29, 1.82) is 0 Å². The van der Waals surface area contributed by atoms with Gasteiger partial charge in [0.05, 0.1) is 10.9 Å². The van der Waals surface area contributed by atoms with Gasteiger partial charge in [0.2, 0.25) is 10.0 Å². The van der Waals surface area contributed by atoms with E-state index in [2.05, 4.69) is 10.8 Å². The van der Waals surface area contributed by atoms with Gasteiger partial charge in [-0.15, -0.1) is 0 Å². The van der Waals surface area contributed by atoms with Crippen LogP contribution >= 0.6 is 0 Å². The van der Waals surface area contributed by atoms with Crippen LogP contribution in [0.3, 0.4) is 0 Å². The summed E-state index contributed by atoms with van der Waals surface area (Å²) in [7, 11) is 0.376. The van der Waals surface area contributed by atoms with E-state index >= 15 is 0 Å². The van der Waals surface area contributed by atoms with Gasteiger partial charge in [0.15, 0.2) is 0 Å². The lowest BCUT2D eigenvalue weighted by molar-refractivity contribution is 0.570. The minimum atomic E-state index is -3.56. The number of nitrogens with zero attached hydrogens (tertiary/aromatic N) is 1. The predicted octanol–water partition coefficient (Wildman–Crippen LogP) is 3.29. The van der Waals surface area contributed by atoms with E-state index in [0.29, 0.717) is 4.90 Å². The van der Waals surface area contributed by atoms with Crippen LogP contribution in [0.25, 0.3) is 10.8 Å². The van der Waals surface area contributed by atoms with Crippen molar-refractivity contribution in [2.45, 2.75) is 10.9 Å². The minimum Gasteiger partial charge on any atom is -0.377 e. The van der Waals surface area contributed by atoms with E-state index in [0.717, 1.165) is 27.6 Å². The van der Waals surface area contributed by atoms with Gasteiger partial charge in [-0.1, -0.05) is 48.5 Å². The van der Waals surface area contributed by atoms with Crippen molar-refractivity contribution < 1.29 is 8.42 Å². The summed E-state index contributed by atoms with van der Waals surface area (Å²) in [4.78, 5) is 2.36. The smallest absolute Gasteiger partial charge is 0.242 e. The van der Waals surface area contributed by atoms with Gasteiger partial charge in [-0.2, -0.15) is 4.72 Å². The average Bonchev–Trinajstić information content (AvgIpc) is 2.58. The SMILES string of the molecule is CN(C)c1ccc2c3c(cccc13)S(=O)(=O)NC2c1ccccc1. The monoisotopic (exact) mass is 338 g/mol. The Morgan fingerprint density at radius 2 is 1.67 bits per heavy atom. The molecule has 3 aromatic carbocycles. The first-order valence-electron chi connectivity index (χ1n) is 7.79. The molecule has 1 N–H and O–H groups in total. The van der Waals surface area contributed by atoms with Crippen molar-refractivity contribution in [3.8, 4) is 0 Å². The van der Waals surface area contributed by atoms with Gasteiger partial charge in [-0.25, -0.2) is 8.42 Å². The summed E-state index contributed by atoms with van der Waals surface area (Å²) in [5.74, 6) is 0. The molecule has 0 saturated carbocycles. The lowest BCUT2D eigenvalue weighted by atomic mass is 9.93. The topological polar surface area (TPSA) is 49.4 Å². The summed E-state index contributed by atoms with van der Waals surface area (Å²) in [5.41, 5.74) is 2.95. The molecule has 24 heavy (non-hydrogen) atoms. The normalized spacial score (nSPS) is 18.5. The molecule has 122 valence electrons. The average molecular weight is 338 g/mol. The molecule has 4 nitrogen and oxygen atoms in total. The number of anilines is 1. The first-order chi connectivity index (χ1) is 11.5. The molecule has 4 rings (SSSR count). The number of hydrogen-bond acceptors (Lipinski definition) is 3. The molecule has 1 atom stereocenters. The highest BCUT2D eigenvalue weighted by Crippen LogP contribution is 2.41. The maximum atomic E-state index is 12.8. The molecule has 3 aromatic rings. The number of rotatable bonds is 2. The Bertz CT molecular complexity index is 1030. The highest BCUT2D eigenvalue weighted by Gasteiger charge is 2.32. The maximum Gasteiger partial charge on any atom is 0.242 e. The van der Waals surface area contributed by atoms with Crippen LogP contribution in [0.2, 0.25) is 0 Å². The van der Waals surface area contributed by atoms with E-state index in [9.17, 15) is 8.42 Å². The Morgan fingerprint density at radius 3 is 2.38 bits per heavy atom. The van der Waals surface area contributed by atoms with Crippen LogP contribution in [0.4, 0.5) is 5.69 Å². The summed E-state index contributed by atoms with van der Waals surface area (Å²) < 4.78 is 28.4. The Morgan fingerprint density at radius 1 is 0.917 bits per heavy atom. The molecule has 0 bridgehead atoms. The summed E-state index contributed by atoms with van der Waals surface area (Å²) in [6, 6.07) is 18.9. The third-order valence-electron chi connectivity index (χ3n) is 4.50. The molecule has 1 aliphatic heterocycles. The molecule has 0 radical (unpaired) electrons. The molecular formula is C19H18N2O2S. The zero-order chi connectivity index (χ0) is 16.9. The molecule has 0 spiro atoms. The van der Waals surface area contributed by atoms with Crippen LogP contribution in [0.1, 0.15) is 17.2 Å². The molecular weight excluding hydrogens is 320 g/mol. The molecule has 1 aliphatic rings. The number of sulfonamides is 1. The Hall–Kier alpha value is -2.37. The molecule has 1 unspecified atom stereocenters. The van der Waals surface area contributed by atoms with Crippen LogP contribution in [0.15, 0.2) is 65.6 Å². The van der Waals surface area contributed by atoms with E-state index < -0.39 is 10.0 Å². The van der Waals surface area contributed by atoms with Crippen molar-refractivity contribution in [2.24, 2.45) is 0 Å². The molecule has 0 saturated heterocycles. The van der Waals surface area contributed by atoms with Crippen LogP contribution in [-0.2, 0) is 10.0 Å². The van der Waals surface area contributed by atoms with Gasteiger partial charge >= 0.3 is 0 Å². The first-order valence-corrected chi connectivity index (χ1v) is 9.27. The van der Waals surface area contributed by atoms with Gasteiger partial charge in [-0.05, 0) is 23.3 Å². The Labute approximate surface area is 141 Å². The summed E-state index contributed by atoms with van der Waals surface area (Å²) in [5, 5.41) is 1.78. The number of hydrogen-bond donors (Lipinski definition) is 1. The van der Waals surface area contributed by atoms with Gasteiger partial charge < -0.3 is 4.90 Å². The fourth-order valence-corrected chi connectivity index (χ4v) is 4.87. The van der Waals surface area contributed by atoms with E-state index in [1.807, 2.05) is 61.5 Å². The van der Waals surface area contributed by atoms with Crippen molar-refractivity contribution in [3.05, 3.63) is 71.8 Å². The second-order valence-corrected chi connectivity index (χ2v) is 7.89. The zero-order valence-corrected chi connectivity index (χ0v) is 14.3. The highest BCUT2D eigenvalue weighted by molar-refractivity contribution is 7.89. The summed E-state index contributed by atoms with van der Waals surface area (Å²) in [6.45, 7) is 0. The molecule has 0 fully saturated rings. The second-order valence-electron chi connectivity index (χ2n) is 6.21. The standard InChI is InChI=1S/C19H18N2O2S/c1-21(2)16-12-11-15-18-14(16)9-6-10-17(18)24(22,23)20-19(15)13-7-4-3-5-8-13/h3-12,19-20H,1-2H3. The summed E-state index contributed by atoms with van der Waals surface area (Å²) >= 11 is 0. The zero-order valence-electron chi connectivity index (χ0n) is 13.5. The third kappa shape index (κ3) is 2.20. The molecule has 0 aromatic heterocycles. The largest absolute Gasteiger partial charge is 0.377 e. The van der Waals surface area contributed by atoms with Crippen LogP contribution in [0, 0.1) is 0 Å². The van der Waals surface area contributed by atoms with Gasteiger partial charge in [-0.3, -0.25) is 0 Å². The van der Waals surface area contributed by atoms with E-state index in [1.165, 1.54) is 0 Å². The van der Waals surface area contributed by atoms with Crippen LogP contribution in [-0.4, -0.2) is 22.5 Å². The van der Waals surface area contributed by atoms with Crippen molar-refractivity contribution in [2.75, 3.05) is 19.0 Å². The van der Waals surface area contributed by atoms with Gasteiger partial charge in [0.25, 0.3) is 0 Å². The molecule has 1 heterocycles. The maximum absolute atomic E-state index is 12.8. The quantitative estimate of drug-likeness (QED) is 0.780. The van der Waals surface area contributed by atoms with Crippen molar-refractivity contribution >= 4 is 26.5 Å². The molecule has 0 amide bonds. The van der Waals surface area contributed by atoms with Crippen LogP contribution in [0.5, 0.6) is 0 Å². The Kier molecular flexibility index (Phi) is 3.37. The van der Waals surface area contributed by atoms with E-state index in [-0.39, 0.29) is 6.04 Å². The number of benzene rings is 3. The minimum absolute atomic E-state index is 0.353. The highest BCUT2D eigenvalue weighted by atomic mass is 32.2. The first kappa shape index (κ1) is 15.2. The number of nitrogens with one attached hydrogen (secondary N) is 1. The van der Waals surface area contributed by atoms with Gasteiger partial charge in [0, 0.05) is 30.6 Å². The fraction of sp³-hybridized carbons (Fsp3) is 0.158.